The van der Waals surface area contributed by atoms with E-state index in [2.05, 4.69) is 15.5 Å². The van der Waals surface area contributed by atoms with Crippen LogP contribution in [0, 0.1) is 0 Å². The highest BCUT2D eigenvalue weighted by molar-refractivity contribution is 7.89. The Morgan fingerprint density at radius 1 is 0.897 bits per heavy atom. The van der Waals surface area contributed by atoms with Crippen LogP contribution in [0.3, 0.4) is 0 Å². The van der Waals surface area contributed by atoms with Crippen molar-refractivity contribution in [3.8, 4) is 28.7 Å². The average Bonchev–Trinajstić information content (AvgIpc) is 3.21. The lowest BCUT2D eigenvalue weighted by Gasteiger charge is -2.19. The molecule has 0 atom stereocenters. The summed E-state index contributed by atoms with van der Waals surface area (Å²) < 4.78 is 50.4. The molecule has 12 heteroatoms. The molecule has 0 spiro atoms. The maximum absolute atomic E-state index is 13.0. The molecule has 2 heterocycles. The normalized spacial score (nSPS) is 14.4. The van der Waals surface area contributed by atoms with Crippen molar-refractivity contribution < 1.29 is 31.8 Å². The summed E-state index contributed by atoms with van der Waals surface area (Å²) in [6.07, 6.45) is 3.76. The maximum atomic E-state index is 13.0. The molecule has 1 aliphatic heterocycles. The van der Waals surface area contributed by atoms with Gasteiger partial charge in [-0.1, -0.05) is 17.9 Å². The van der Waals surface area contributed by atoms with Gasteiger partial charge in [-0.05, 0) is 70.0 Å². The van der Waals surface area contributed by atoms with Gasteiger partial charge in [-0.2, -0.15) is 4.31 Å². The number of hydrogen-bond donors (Lipinski definition) is 1. The lowest BCUT2D eigenvalue weighted by atomic mass is 10.2. The molecule has 1 N–H and O–H groups in total. The van der Waals surface area contributed by atoms with Crippen molar-refractivity contribution in [2.75, 3.05) is 38.2 Å². The summed E-state index contributed by atoms with van der Waals surface area (Å²) >= 11 is 0. The first-order valence-corrected chi connectivity index (χ1v) is 14.6. The van der Waals surface area contributed by atoms with Crippen LogP contribution in [0.25, 0.3) is 11.5 Å². The van der Waals surface area contributed by atoms with E-state index in [1.165, 1.54) is 28.6 Å². The van der Waals surface area contributed by atoms with Gasteiger partial charge >= 0.3 is 6.01 Å². The van der Waals surface area contributed by atoms with Crippen molar-refractivity contribution in [3.63, 3.8) is 0 Å². The molecule has 0 saturated carbocycles. The third-order valence-electron chi connectivity index (χ3n) is 6.12. The average molecular weight is 559 g/mol. The molecular weight excluding hydrogens is 524 g/mol. The van der Waals surface area contributed by atoms with Gasteiger partial charge in [-0.3, -0.25) is 10.1 Å². The number of anilines is 1. The number of amides is 1. The van der Waals surface area contributed by atoms with Crippen LogP contribution in [0.4, 0.5) is 6.01 Å². The molecule has 2 aromatic carbocycles. The molecule has 1 fully saturated rings. The molecule has 0 aliphatic carbocycles. The Hall–Kier alpha value is -3.64. The SMILES string of the molecule is CCOc1cc(-c2nnc(NC(=O)c3ccc(S(=O)(=O)N4CCCCCC4)cc3)o2)cc(OCC)c1OCC. The molecule has 39 heavy (non-hydrogen) atoms. The first kappa shape index (κ1) is 28.4. The highest BCUT2D eigenvalue weighted by Crippen LogP contribution is 2.42. The van der Waals surface area contributed by atoms with Gasteiger partial charge in [0.1, 0.15) is 0 Å². The molecule has 11 nitrogen and oxygen atoms in total. The van der Waals surface area contributed by atoms with Crippen molar-refractivity contribution in [2.45, 2.75) is 51.3 Å². The number of sulfonamides is 1. The summed E-state index contributed by atoms with van der Waals surface area (Å²) in [5.41, 5.74) is 0.782. The van der Waals surface area contributed by atoms with E-state index in [1.54, 1.807) is 12.1 Å². The number of nitrogens with one attached hydrogen (secondary N) is 1. The van der Waals surface area contributed by atoms with Gasteiger partial charge in [-0.15, -0.1) is 5.10 Å². The smallest absolute Gasteiger partial charge is 0.322 e. The molecule has 1 amide bonds. The largest absolute Gasteiger partial charge is 0.490 e. The van der Waals surface area contributed by atoms with Gasteiger partial charge in [0.15, 0.2) is 11.5 Å². The van der Waals surface area contributed by atoms with Crippen LogP contribution in [-0.4, -0.2) is 61.7 Å². The predicted molar refractivity (Wildman–Crippen MR) is 145 cm³/mol. The Bertz CT molecular complexity index is 1340. The number of rotatable bonds is 11. The van der Waals surface area contributed by atoms with Gasteiger partial charge < -0.3 is 18.6 Å². The van der Waals surface area contributed by atoms with E-state index in [-0.39, 0.29) is 22.4 Å². The first-order chi connectivity index (χ1) is 18.9. The molecule has 4 rings (SSSR count). The lowest BCUT2D eigenvalue weighted by molar-refractivity contribution is 0.102. The molecule has 1 saturated heterocycles. The van der Waals surface area contributed by atoms with Crippen LogP contribution in [-0.2, 0) is 10.0 Å². The van der Waals surface area contributed by atoms with Crippen molar-refractivity contribution in [1.29, 1.82) is 0 Å². The summed E-state index contributed by atoms with van der Waals surface area (Å²) in [5.74, 6) is 1.06. The van der Waals surface area contributed by atoms with Crippen molar-refractivity contribution in [1.82, 2.24) is 14.5 Å². The quantitative estimate of drug-likeness (QED) is 0.354. The fourth-order valence-electron chi connectivity index (χ4n) is 4.28. The van der Waals surface area contributed by atoms with Gasteiger partial charge in [-0.25, -0.2) is 8.42 Å². The molecule has 0 radical (unpaired) electrons. The Kier molecular flexibility index (Phi) is 9.41. The van der Waals surface area contributed by atoms with E-state index >= 15 is 0 Å². The molecule has 1 aliphatic rings. The van der Waals surface area contributed by atoms with Crippen LogP contribution in [0.1, 0.15) is 56.8 Å². The van der Waals surface area contributed by atoms with E-state index in [4.69, 9.17) is 18.6 Å². The number of carbonyl (C=O) groups is 1. The van der Waals surface area contributed by atoms with Gasteiger partial charge in [0.25, 0.3) is 5.91 Å². The summed E-state index contributed by atoms with van der Waals surface area (Å²) in [4.78, 5) is 13.0. The highest BCUT2D eigenvalue weighted by Gasteiger charge is 2.25. The maximum Gasteiger partial charge on any atom is 0.322 e. The summed E-state index contributed by atoms with van der Waals surface area (Å²) in [6.45, 7) is 7.87. The van der Waals surface area contributed by atoms with Gasteiger partial charge in [0.05, 0.1) is 24.7 Å². The summed E-state index contributed by atoms with van der Waals surface area (Å²) in [6, 6.07) is 9.12. The fraction of sp³-hybridized carbons (Fsp3) is 0.444. The Morgan fingerprint density at radius 2 is 1.49 bits per heavy atom. The summed E-state index contributed by atoms with van der Waals surface area (Å²) in [7, 11) is -3.61. The summed E-state index contributed by atoms with van der Waals surface area (Å²) in [5, 5.41) is 10.5. The topological polar surface area (TPSA) is 133 Å². The molecule has 0 bridgehead atoms. The number of benzene rings is 2. The first-order valence-electron chi connectivity index (χ1n) is 13.2. The fourth-order valence-corrected chi connectivity index (χ4v) is 5.80. The van der Waals surface area contributed by atoms with Crippen LogP contribution in [0.2, 0.25) is 0 Å². The minimum atomic E-state index is -3.61. The monoisotopic (exact) mass is 558 g/mol. The second kappa shape index (κ2) is 12.9. The molecule has 3 aromatic rings. The van der Waals surface area contributed by atoms with Crippen LogP contribution in [0.5, 0.6) is 17.2 Å². The van der Waals surface area contributed by atoms with E-state index in [0.29, 0.717) is 55.7 Å². The standard InChI is InChI=1S/C27H34N4O7S/c1-4-35-22-17-20(18-23(36-5-2)24(22)37-6-3)26-29-30-27(38-26)28-25(32)19-11-13-21(14-12-19)39(33,34)31-15-9-7-8-10-16-31/h11-14,17-18H,4-10,15-16H2,1-3H3,(H,28,30,32). The van der Waals surface area contributed by atoms with E-state index in [9.17, 15) is 13.2 Å². The zero-order valence-electron chi connectivity index (χ0n) is 22.4. The third kappa shape index (κ3) is 6.69. The van der Waals surface area contributed by atoms with E-state index < -0.39 is 15.9 Å². The van der Waals surface area contributed by atoms with Crippen molar-refractivity contribution >= 4 is 21.9 Å². The second-order valence-electron chi connectivity index (χ2n) is 8.81. The number of aromatic nitrogens is 2. The van der Waals surface area contributed by atoms with Crippen LogP contribution >= 0.6 is 0 Å². The number of ether oxygens (including phenoxy) is 3. The zero-order chi connectivity index (χ0) is 27.8. The Labute approximate surface area is 228 Å². The highest BCUT2D eigenvalue weighted by atomic mass is 32.2. The second-order valence-corrected chi connectivity index (χ2v) is 10.7. The van der Waals surface area contributed by atoms with E-state index in [0.717, 1.165) is 25.7 Å². The molecular formula is C27H34N4O7S. The Balaban J connectivity index is 1.50. The van der Waals surface area contributed by atoms with Gasteiger partial charge in [0.2, 0.25) is 21.7 Å². The molecule has 1 aromatic heterocycles. The van der Waals surface area contributed by atoms with Gasteiger partial charge in [0, 0.05) is 24.2 Å². The van der Waals surface area contributed by atoms with Crippen LogP contribution in [0.15, 0.2) is 45.7 Å². The van der Waals surface area contributed by atoms with Crippen molar-refractivity contribution in [2.24, 2.45) is 0 Å². The minimum Gasteiger partial charge on any atom is -0.490 e. The Morgan fingerprint density at radius 3 is 2.05 bits per heavy atom. The number of carbonyl (C=O) groups excluding carboxylic acids is 1. The zero-order valence-corrected chi connectivity index (χ0v) is 23.3. The minimum absolute atomic E-state index is 0.110. The number of hydrogen-bond acceptors (Lipinski definition) is 9. The molecule has 0 unspecified atom stereocenters. The molecule has 210 valence electrons. The number of nitrogens with zero attached hydrogens (tertiary/aromatic N) is 3. The van der Waals surface area contributed by atoms with E-state index in [1.807, 2.05) is 20.8 Å². The third-order valence-corrected chi connectivity index (χ3v) is 8.03. The van der Waals surface area contributed by atoms with Crippen molar-refractivity contribution in [3.05, 3.63) is 42.0 Å². The predicted octanol–water partition coefficient (Wildman–Crippen LogP) is 4.75. The van der Waals surface area contributed by atoms with Crippen LogP contribution < -0.4 is 19.5 Å². The lowest BCUT2D eigenvalue weighted by Crippen LogP contribution is -2.31.